The van der Waals surface area contributed by atoms with Gasteiger partial charge in [-0.15, -0.1) is 0 Å². The molecule has 4 aromatic rings. The number of ether oxygens (including phenoxy) is 2. The van der Waals surface area contributed by atoms with E-state index in [4.69, 9.17) is 9.47 Å². The third-order valence-electron chi connectivity index (χ3n) is 6.02. The zero-order valence-electron chi connectivity index (χ0n) is 17.7. The van der Waals surface area contributed by atoms with Crippen molar-refractivity contribution in [3.63, 3.8) is 0 Å². The van der Waals surface area contributed by atoms with Crippen molar-refractivity contribution in [2.45, 2.75) is 12.6 Å². The summed E-state index contributed by atoms with van der Waals surface area (Å²) < 4.78 is 16.3. The maximum Gasteiger partial charge on any atom is 0.331 e. The summed E-state index contributed by atoms with van der Waals surface area (Å²) in [5.74, 6) is 0.740. The van der Waals surface area contributed by atoms with Gasteiger partial charge in [-0.05, 0) is 35.4 Å². The molecule has 1 aliphatic heterocycles. The van der Waals surface area contributed by atoms with Gasteiger partial charge in [0.1, 0.15) is 11.9 Å². The van der Waals surface area contributed by atoms with Crippen molar-refractivity contribution >= 4 is 10.9 Å². The molecule has 0 aliphatic carbocycles. The topological polar surface area (TPSA) is 67.4 Å². The van der Waals surface area contributed by atoms with E-state index in [1.54, 1.807) is 18.7 Å². The molecule has 2 aromatic heterocycles. The molecule has 0 radical (unpaired) electrons. The quantitative estimate of drug-likeness (QED) is 0.514. The molecule has 1 aliphatic rings. The van der Waals surface area contributed by atoms with Crippen molar-refractivity contribution in [1.29, 1.82) is 0 Å². The molecule has 0 bridgehead atoms. The molecule has 7 nitrogen and oxygen atoms in total. The Morgan fingerprint density at radius 2 is 1.68 bits per heavy atom. The fourth-order valence-electron chi connectivity index (χ4n) is 4.51. The van der Waals surface area contributed by atoms with Crippen molar-refractivity contribution < 1.29 is 9.47 Å². The van der Waals surface area contributed by atoms with Gasteiger partial charge in [0.2, 0.25) is 0 Å². The van der Waals surface area contributed by atoms with E-state index in [2.05, 4.69) is 4.57 Å². The van der Waals surface area contributed by atoms with Crippen molar-refractivity contribution in [1.82, 2.24) is 13.7 Å². The lowest BCUT2D eigenvalue weighted by atomic mass is 10.0. The third-order valence-corrected chi connectivity index (χ3v) is 6.02. The summed E-state index contributed by atoms with van der Waals surface area (Å²) in [5, 5.41) is 0.524. The maximum atomic E-state index is 13.4. The van der Waals surface area contributed by atoms with Crippen LogP contribution in [-0.4, -0.2) is 27.4 Å². The first-order valence-corrected chi connectivity index (χ1v) is 10.2. The van der Waals surface area contributed by atoms with Crippen LogP contribution in [0.4, 0.5) is 0 Å². The zero-order chi connectivity index (χ0) is 21.7. The number of nitrogens with zero attached hydrogens (tertiary/aromatic N) is 3. The zero-order valence-corrected chi connectivity index (χ0v) is 17.7. The second-order valence-electron chi connectivity index (χ2n) is 7.70. The van der Waals surface area contributed by atoms with Crippen LogP contribution in [0.5, 0.6) is 5.75 Å². The smallest absolute Gasteiger partial charge is 0.331 e. The van der Waals surface area contributed by atoms with E-state index in [1.807, 2.05) is 54.6 Å². The van der Waals surface area contributed by atoms with Crippen LogP contribution in [-0.2, 0) is 25.4 Å². The van der Waals surface area contributed by atoms with Gasteiger partial charge in [0, 0.05) is 20.6 Å². The molecule has 0 N–H and O–H groups in total. The summed E-state index contributed by atoms with van der Waals surface area (Å²) in [7, 11) is 4.85. The van der Waals surface area contributed by atoms with E-state index in [0.717, 1.165) is 28.3 Å². The highest BCUT2D eigenvalue weighted by Crippen LogP contribution is 2.40. The fraction of sp³-hybridized carbons (Fsp3) is 0.250. The fourth-order valence-corrected chi connectivity index (χ4v) is 4.51. The van der Waals surface area contributed by atoms with E-state index in [9.17, 15) is 9.59 Å². The number of aryl methyl sites for hydroxylation is 1. The molecule has 2 aromatic carbocycles. The Balaban J connectivity index is 1.92. The molecule has 3 heterocycles. The van der Waals surface area contributed by atoms with E-state index in [-0.39, 0.29) is 17.4 Å². The lowest BCUT2D eigenvalue weighted by molar-refractivity contribution is 0.0478. The predicted molar refractivity (Wildman–Crippen MR) is 119 cm³/mol. The summed E-state index contributed by atoms with van der Waals surface area (Å²) in [5.41, 5.74) is 3.46. The van der Waals surface area contributed by atoms with E-state index >= 15 is 0 Å². The Morgan fingerprint density at radius 1 is 0.968 bits per heavy atom. The minimum absolute atomic E-state index is 0.308. The van der Waals surface area contributed by atoms with Crippen LogP contribution in [0, 0.1) is 0 Å². The van der Waals surface area contributed by atoms with Crippen molar-refractivity contribution in [2.75, 3.05) is 13.7 Å². The number of fused-ring (bicyclic) bond motifs is 3. The second kappa shape index (κ2) is 7.28. The van der Waals surface area contributed by atoms with Crippen molar-refractivity contribution in [3.8, 4) is 17.0 Å². The molecule has 0 saturated carbocycles. The van der Waals surface area contributed by atoms with E-state index in [0.29, 0.717) is 24.1 Å². The van der Waals surface area contributed by atoms with Gasteiger partial charge in [0.25, 0.3) is 5.56 Å². The Morgan fingerprint density at radius 3 is 2.35 bits per heavy atom. The molecule has 0 amide bonds. The molecule has 5 rings (SSSR count). The van der Waals surface area contributed by atoms with Crippen LogP contribution in [0.1, 0.15) is 17.4 Å². The van der Waals surface area contributed by atoms with Crippen LogP contribution >= 0.6 is 0 Å². The summed E-state index contributed by atoms with van der Waals surface area (Å²) >= 11 is 0. The number of hydrogen-bond acceptors (Lipinski definition) is 4. The number of methoxy groups -OCH3 is 1. The van der Waals surface area contributed by atoms with Gasteiger partial charge >= 0.3 is 5.69 Å². The lowest BCUT2D eigenvalue weighted by Gasteiger charge is -2.27. The Bertz CT molecular complexity index is 1400. The van der Waals surface area contributed by atoms with Crippen LogP contribution in [0.25, 0.3) is 22.2 Å². The van der Waals surface area contributed by atoms with Gasteiger partial charge < -0.3 is 14.0 Å². The predicted octanol–water partition coefficient (Wildman–Crippen LogP) is 2.83. The van der Waals surface area contributed by atoms with Gasteiger partial charge in [-0.25, -0.2) is 4.79 Å². The molecule has 31 heavy (non-hydrogen) atoms. The summed E-state index contributed by atoms with van der Waals surface area (Å²) in [6, 6.07) is 17.5. The van der Waals surface area contributed by atoms with Crippen molar-refractivity contribution in [2.24, 2.45) is 14.1 Å². The van der Waals surface area contributed by atoms with Gasteiger partial charge in [0.15, 0.2) is 0 Å². The Kier molecular flexibility index (Phi) is 4.55. The van der Waals surface area contributed by atoms with Gasteiger partial charge in [-0.1, -0.05) is 30.3 Å². The third kappa shape index (κ3) is 2.84. The molecular formula is C24H23N3O4. The minimum atomic E-state index is -0.373. The number of benzene rings is 2. The van der Waals surface area contributed by atoms with Crippen LogP contribution in [0.15, 0.2) is 64.2 Å². The second-order valence-corrected chi connectivity index (χ2v) is 7.70. The van der Waals surface area contributed by atoms with E-state index < -0.39 is 0 Å². The number of rotatable bonds is 3. The standard InChI is InChI=1S/C24H23N3O4/c1-25-20-18(23(28)26(2)24(25)29)19(15-9-11-17(30-3)12-10-15)27-13-14-31-22(21(20)27)16-7-5-4-6-8-16/h4-12,22H,13-14H2,1-3H3/t22-/m1/s1. The molecular weight excluding hydrogens is 394 g/mol. The molecule has 7 heteroatoms. The first-order valence-electron chi connectivity index (χ1n) is 10.2. The first kappa shape index (κ1) is 19.4. The Labute approximate surface area is 178 Å². The first-order chi connectivity index (χ1) is 15.0. The SMILES string of the molecule is COc1ccc(-c2c3c(=O)n(C)c(=O)n(C)c3c3n2CCO[C@@H]3c2ccccc2)cc1. The average Bonchev–Trinajstić information content (AvgIpc) is 3.17. The summed E-state index contributed by atoms with van der Waals surface area (Å²) in [6.45, 7) is 1.09. The average molecular weight is 417 g/mol. The van der Waals surface area contributed by atoms with Gasteiger partial charge in [-0.2, -0.15) is 0 Å². The minimum Gasteiger partial charge on any atom is -0.497 e. The lowest BCUT2D eigenvalue weighted by Crippen LogP contribution is -2.37. The Hall–Kier alpha value is -3.58. The van der Waals surface area contributed by atoms with E-state index in [1.165, 1.54) is 11.6 Å². The molecule has 1 atom stereocenters. The summed E-state index contributed by atoms with van der Waals surface area (Å²) in [6.07, 6.45) is -0.373. The molecule has 0 spiro atoms. The highest BCUT2D eigenvalue weighted by atomic mass is 16.5. The van der Waals surface area contributed by atoms with Gasteiger partial charge in [-0.3, -0.25) is 13.9 Å². The highest BCUT2D eigenvalue weighted by molar-refractivity contribution is 5.96. The molecule has 0 saturated heterocycles. The van der Waals surface area contributed by atoms with Crippen molar-refractivity contribution in [3.05, 3.63) is 86.7 Å². The molecule has 0 unspecified atom stereocenters. The number of hydrogen-bond donors (Lipinski definition) is 0. The molecule has 158 valence electrons. The van der Waals surface area contributed by atoms with Crippen LogP contribution < -0.4 is 16.0 Å². The largest absolute Gasteiger partial charge is 0.497 e. The highest BCUT2D eigenvalue weighted by Gasteiger charge is 2.32. The molecule has 0 fully saturated rings. The van der Waals surface area contributed by atoms with Gasteiger partial charge in [0.05, 0.1) is 36.0 Å². The number of aromatic nitrogens is 3. The monoisotopic (exact) mass is 417 g/mol. The van der Waals surface area contributed by atoms with Crippen LogP contribution in [0.3, 0.4) is 0 Å². The summed E-state index contributed by atoms with van der Waals surface area (Å²) in [4.78, 5) is 26.2. The normalized spacial score (nSPS) is 15.8. The maximum absolute atomic E-state index is 13.4. The van der Waals surface area contributed by atoms with Crippen LogP contribution in [0.2, 0.25) is 0 Å².